The van der Waals surface area contributed by atoms with Gasteiger partial charge >= 0.3 is 0 Å². The summed E-state index contributed by atoms with van der Waals surface area (Å²) in [6.45, 7) is 4.58. The minimum absolute atomic E-state index is 0.120. The molecule has 1 amide bonds. The number of amides is 1. The highest BCUT2D eigenvalue weighted by molar-refractivity contribution is 6.46. The Morgan fingerprint density at radius 3 is 2.50 bits per heavy atom. The van der Waals surface area contributed by atoms with Gasteiger partial charge in [0.1, 0.15) is 5.76 Å². The summed E-state index contributed by atoms with van der Waals surface area (Å²) in [4.78, 5) is 30.8. The van der Waals surface area contributed by atoms with E-state index >= 15 is 0 Å². The number of hydrogen-bond acceptors (Lipinski definition) is 3. The summed E-state index contributed by atoms with van der Waals surface area (Å²) < 4.78 is 0. The first-order valence-corrected chi connectivity index (χ1v) is 10.5. The van der Waals surface area contributed by atoms with Crippen LogP contribution in [-0.4, -0.2) is 33.2 Å². The van der Waals surface area contributed by atoms with Gasteiger partial charge in [-0.15, -0.1) is 0 Å². The number of aromatic amines is 1. The zero-order chi connectivity index (χ0) is 21.3. The standard InChI is InChI=1S/C25H26N2O3/c1-3-5-14-27-22(19-15-26-20-9-7-6-8-18(19)20)21(24(29)25(27)30)23(28)17-12-10-16(4-2)11-13-17/h6-13,15,22,26,28H,3-5,14H2,1-2H3/b23-21+. The van der Waals surface area contributed by atoms with Gasteiger partial charge in [-0.3, -0.25) is 9.59 Å². The lowest BCUT2D eigenvalue weighted by Gasteiger charge is -2.24. The van der Waals surface area contributed by atoms with E-state index in [1.165, 1.54) is 0 Å². The van der Waals surface area contributed by atoms with Crippen LogP contribution in [0.3, 0.4) is 0 Å². The molecule has 30 heavy (non-hydrogen) atoms. The van der Waals surface area contributed by atoms with Gasteiger partial charge in [0.25, 0.3) is 11.7 Å². The first-order valence-electron chi connectivity index (χ1n) is 10.5. The van der Waals surface area contributed by atoms with Crippen LogP contribution < -0.4 is 0 Å². The minimum atomic E-state index is -0.626. The molecular weight excluding hydrogens is 376 g/mol. The number of unbranched alkanes of at least 4 members (excludes halogenated alkanes) is 1. The van der Waals surface area contributed by atoms with Crippen LogP contribution in [0.5, 0.6) is 0 Å². The van der Waals surface area contributed by atoms with Gasteiger partial charge in [-0.1, -0.05) is 62.7 Å². The third-order valence-electron chi connectivity index (χ3n) is 5.84. The second kappa shape index (κ2) is 8.19. The van der Waals surface area contributed by atoms with Gasteiger partial charge in [0.05, 0.1) is 11.6 Å². The molecule has 1 atom stereocenters. The molecule has 0 spiro atoms. The van der Waals surface area contributed by atoms with Crippen molar-refractivity contribution in [1.82, 2.24) is 9.88 Å². The quantitative estimate of drug-likeness (QED) is 0.348. The number of nitrogens with zero attached hydrogens (tertiary/aromatic N) is 1. The number of aromatic nitrogens is 1. The third-order valence-corrected chi connectivity index (χ3v) is 5.84. The number of aliphatic hydroxyl groups excluding tert-OH is 1. The maximum absolute atomic E-state index is 13.0. The summed E-state index contributed by atoms with van der Waals surface area (Å²) in [6.07, 6.45) is 4.42. The number of rotatable bonds is 6. The van der Waals surface area contributed by atoms with Gasteiger partial charge in [-0.2, -0.15) is 0 Å². The topological polar surface area (TPSA) is 73.4 Å². The van der Waals surface area contributed by atoms with Gasteiger partial charge in [-0.05, 0) is 24.5 Å². The number of Topliss-reactive ketones (excluding diaryl/α,β-unsaturated/α-hetero) is 1. The molecule has 2 heterocycles. The van der Waals surface area contributed by atoms with E-state index < -0.39 is 17.7 Å². The fraction of sp³-hybridized carbons (Fsp3) is 0.280. The first kappa shape index (κ1) is 20.0. The zero-order valence-electron chi connectivity index (χ0n) is 17.3. The second-order valence-corrected chi connectivity index (χ2v) is 7.69. The number of carbonyl (C=O) groups is 2. The van der Waals surface area contributed by atoms with Gasteiger partial charge in [0.2, 0.25) is 0 Å². The lowest BCUT2D eigenvalue weighted by Crippen LogP contribution is -2.30. The average molecular weight is 402 g/mol. The molecule has 0 radical (unpaired) electrons. The van der Waals surface area contributed by atoms with E-state index in [1.54, 1.807) is 17.0 Å². The predicted octanol–water partition coefficient (Wildman–Crippen LogP) is 4.95. The van der Waals surface area contributed by atoms with Crippen LogP contribution in [0.25, 0.3) is 16.7 Å². The Labute approximate surface area is 176 Å². The van der Waals surface area contributed by atoms with Crippen LogP contribution in [-0.2, 0) is 16.0 Å². The highest BCUT2D eigenvalue weighted by atomic mass is 16.3. The SMILES string of the molecule is CCCCN1C(=O)C(=O)/C(=C(/O)c2ccc(CC)cc2)C1c1c[nH]c2ccccc12. The number of aryl methyl sites for hydroxylation is 1. The van der Waals surface area contributed by atoms with Crippen LogP contribution in [0, 0.1) is 0 Å². The first-order chi connectivity index (χ1) is 14.6. The molecule has 1 aliphatic rings. The van der Waals surface area contributed by atoms with Crippen molar-refractivity contribution in [3.63, 3.8) is 0 Å². The normalized spacial score (nSPS) is 18.5. The molecular formula is C25H26N2O3. The Bertz CT molecular complexity index is 1120. The van der Waals surface area contributed by atoms with Gasteiger partial charge in [0.15, 0.2) is 0 Å². The van der Waals surface area contributed by atoms with E-state index in [0.29, 0.717) is 12.1 Å². The monoisotopic (exact) mass is 402 g/mol. The molecule has 5 heteroatoms. The number of hydrogen-bond donors (Lipinski definition) is 2. The highest BCUT2D eigenvalue weighted by Crippen LogP contribution is 2.42. The van der Waals surface area contributed by atoms with Gasteiger partial charge < -0.3 is 15.0 Å². The van der Waals surface area contributed by atoms with Crippen molar-refractivity contribution >= 4 is 28.4 Å². The van der Waals surface area contributed by atoms with E-state index in [4.69, 9.17) is 0 Å². The third kappa shape index (κ3) is 3.30. The molecule has 2 N–H and O–H groups in total. The average Bonchev–Trinajstić information content (AvgIpc) is 3.31. The molecule has 1 saturated heterocycles. The van der Waals surface area contributed by atoms with Crippen LogP contribution in [0.2, 0.25) is 0 Å². The van der Waals surface area contributed by atoms with Crippen LogP contribution >= 0.6 is 0 Å². The fourth-order valence-electron chi connectivity index (χ4n) is 4.14. The van der Waals surface area contributed by atoms with Crippen molar-refractivity contribution in [1.29, 1.82) is 0 Å². The number of nitrogens with one attached hydrogen (secondary N) is 1. The summed E-state index contributed by atoms with van der Waals surface area (Å²) in [5.41, 5.74) is 3.60. The van der Waals surface area contributed by atoms with E-state index in [0.717, 1.165) is 41.3 Å². The molecule has 2 aromatic carbocycles. The molecule has 1 aromatic heterocycles. The number of para-hydroxylation sites is 1. The molecule has 3 aromatic rings. The highest BCUT2D eigenvalue weighted by Gasteiger charge is 2.46. The molecule has 1 fully saturated rings. The molecule has 4 rings (SSSR count). The van der Waals surface area contributed by atoms with E-state index in [9.17, 15) is 14.7 Å². The maximum atomic E-state index is 13.0. The summed E-state index contributed by atoms with van der Waals surface area (Å²) in [6, 6.07) is 14.7. The Hall–Kier alpha value is -3.34. The van der Waals surface area contributed by atoms with Crippen molar-refractivity contribution in [3.8, 4) is 0 Å². The van der Waals surface area contributed by atoms with Gasteiger partial charge in [0, 0.05) is 34.8 Å². The minimum Gasteiger partial charge on any atom is -0.507 e. The lowest BCUT2D eigenvalue weighted by molar-refractivity contribution is -0.139. The Morgan fingerprint density at radius 2 is 1.80 bits per heavy atom. The summed E-state index contributed by atoms with van der Waals surface area (Å²) in [5.74, 6) is -1.30. The molecule has 1 aliphatic heterocycles. The summed E-state index contributed by atoms with van der Waals surface area (Å²) in [5, 5.41) is 12.1. The Kier molecular flexibility index (Phi) is 5.44. The summed E-state index contributed by atoms with van der Waals surface area (Å²) in [7, 11) is 0. The van der Waals surface area contributed by atoms with Crippen LogP contribution in [0.4, 0.5) is 0 Å². The summed E-state index contributed by atoms with van der Waals surface area (Å²) >= 11 is 0. The van der Waals surface area contributed by atoms with Crippen molar-refractivity contribution < 1.29 is 14.7 Å². The molecule has 0 bridgehead atoms. The van der Waals surface area contributed by atoms with Crippen molar-refractivity contribution in [2.75, 3.05) is 6.54 Å². The molecule has 154 valence electrons. The number of aliphatic hydroxyl groups is 1. The number of likely N-dealkylation sites (tertiary alicyclic amines) is 1. The predicted molar refractivity (Wildman–Crippen MR) is 118 cm³/mol. The molecule has 0 saturated carbocycles. The van der Waals surface area contributed by atoms with Crippen LogP contribution in [0.15, 0.2) is 60.3 Å². The van der Waals surface area contributed by atoms with Crippen molar-refractivity contribution in [2.24, 2.45) is 0 Å². The lowest BCUT2D eigenvalue weighted by atomic mass is 9.94. The number of carbonyl (C=O) groups excluding carboxylic acids is 2. The second-order valence-electron chi connectivity index (χ2n) is 7.69. The largest absolute Gasteiger partial charge is 0.507 e. The van der Waals surface area contributed by atoms with E-state index in [1.807, 2.05) is 49.5 Å². The maximum Gasteiger partial charge on any atom is 0.295 e. The number of benzene rings is 2. The molecule has 0 aliphatic carbocycles. The zero-order valence-corrected chi connectivity index (χ0v) is 17.3. The Morgan fingerprint density at radius 1 is 1.07 bits per heavy atom. The van der Waals surface area contributed by atoms with E-state index in [-0.39, 0.29) is 11.3 Å². The molecule has 5 nitrogen and oxygen atoms in total. The van der Waals surface area contributed by atoms with Gasteiger partial charge in [-0.25, -0.2) is 0 Å². The number of H-pyrrole nitrogens is 1. The number of fused-ring (bicyclic) bond motifs is 1. The number of ketones is 1. The van der Waals surface area contributed by atoms with Crippen molar-refractivity contribution in [2.45, 2.75) is 39.2 Å². The molecule has 1 unspecified atom stereocenters. The van der Waals surface area contributed by atoms with Crippen LogP contribution in [0.1, 0.15) is 49.4 Å². The fourth-order valence-corrected chi connectivity index (χ4v) is 4.14. The Balaban J connectivity index is 1.89. The smallest absolute Gasteiger partial charge is 0.295 e. The van der Waals surface area contributed by atoms with Crippen molar-refractivity contribution in [3.05, 3.63) is 77.0 Å². The van der Waals surface area contributed by atoms with E-state index in [2.05, 4.69) is 11.9 Å².